The molecule has 0 aliphatic heterocycles. The van der Waals surface area contributed by atoms with Gasteiger partial charge in [0.15, 0.2) is 5.69 Å². The molecule has 1 aromatic rings. The first kappa shape index (κ1) is 13.4. The summed E-state index contributed by atoms with van der Waals surface area (Å²) in [6.07, 6.45) is -3.98. The van der Waals surface area contributed by atoms with Crippen LogP contribution < -0.4 is 5.73 Å². The molecule has 5 nitrogen and oxygen atoms in total. The Balaban J connectivity index is 3.25. The summed E-state index contributed by atoms with van der Waals surface area (Å²) in [4.78, 5) is 18.0. The Kier molecular flexibility index (Phi) is 4.00. The van der Waals surface area contributed by atoms with Crippen molar-refractivity contribution in [1.82, 2.24) is 9.97 Å². The number of nitrogens with two attached hydrogens (primary N) is 1. The molecule has 94 valence electrons. The highest BCUT2D eigenvalue weighted by Gasteiger charge is 2.38. The fraction of sp³-hybridized carbons (Fsp3) is 0.444. The van der Waals surface area contributed by atoms with Crippen molar-refractivity contribution in [2.24, 2.45) is 5.73 Å². The van der Waals surface area contributed by atoms with Crippen LogP contribution in [0.3, 0.4) is 0 Å². The Morgan fingerprint density at radius 1 is 1.53 bits per heavy atom. The zero-order valence-corrected chi connectivity index (χ0v) is 8.91. The molecule has 17 heavy (non-hydrogen) atoms. The van der Waals surface area contributed by atoms with Gasteiger partial charge in [0.1, 0.15) is 11.4 Å². The van der Waals surface area contributed by atoms with Gasteiger partial charge in [0.05, 0.1) is 13.2 Å². The summed E-state index contributed by atoms with van der Waals surface area (Å²) < 4.78 is 42.4. The summed E-state index contributed by atoms with van der Waals surface area (Å²) >= 11 is 0. The lowest BCUT2D eigenvalue weighted by molar-refractivity contribution is -0.142. The molecule has 0 spiro atoms. The second kappa shape index (κ2) is 5.09. The Labute approximate surface area is 94.8 Å². The Hall–Kier alpha value is -1.70. The molecule has 0 saturated carbocycles. The molecule has 0 aromatic carbocycles. The van der Waals surface area contributed by atoms with Crippen LogP contribution in [0.2, 0.25) is 0 Å². The van der Waals surface area contributed by atoms with E-state index in [-0.39, 0.29) is 19.0 Å². The number of aromatic nitrogens is 2. The molecular formula is C9H10F3N3O2. The monoisotopic (exact) mass is 249 g/mol. The minimum Gasteiger partial charge on any atom is -0.462 e. The van der Waals surface area contributed by atoms with Crippen LogP contribution in [0.5, 0.6) is 0 Å². The van der Waals surface area contributed by atoms with Gasteiger partial charge in [-0.15, -0.1) is 0 Å². The van der Waals surface area contributed by atoms with Gasteiger partial charge in [-0.3, -0.25) is 0 Å². The van der Waals surface area contributed by atoms with Crippen molar-refractivity contribution in [3.05, 3.63) is 23.3 Å². The predicted octanol–water partition coefficient (Wildman–Crippen LogP) is 1.13. The van der Waals surface area contributed by atoms with Crippen LogP contribution >= 0.6 is 0 Å². The first-order valence-electron chi connectivity index (χ1n) is 4.70. The SMILES string of the molecule is CCOC(=O)c1cnc(CN)nc1C(F)(F)F. The first-order valence-corrected chi connectivity index (χ1v) is 4.70. The normalized spacial score (nSPS) is 11.4. The highest BCUT2D eigenvalue weighted by Crippen LogP contribution is 2.30. The summed E-state index contributed by atoms with van der Waals surface area (Å²) in [5.74, 6) is -1.30. The molecular weight excluding hydrogens is 239 g/mol. The average molecular weight is 249 g/mol. The van der Waals surface area contributed by atoms with E-state index in [9.17, 15) is 18.0 Å². The molecule has 8 heteroatoms. The van der Waals surface area contributed by atoms with Gasteiger partial charge in [-0.1, -0.05) is 0 Å². The van der Waals surface area contributed by atoms with Crippen molar-refractivity contribution in [3.63, 3.8) is 0 Å². The van der Waals surface area contributed by atoms with Gasteiger partial charge < -0.3 is 10.5 Å². The molecule has 2 N–H and O–H groups in total. The lowest BCUT2D eigenvalue weighted by Gasteiger charge is -2.11. The summed E-state index contributed by atoms with van der Waals surface area (Å²) in [5, 5.41) is 0. The van der Waals surface area contributed by atoms with Gasteiger partial charge in [-0.2, -0.15) is 13.2 Å². The maximum absolute atomic E-state index is 12.6. The number of carbonyl (C=O) groups excluding carboxylic acids is 1. The van der Waals surface area contributed by atoms with Crippen LogP contribution in [0.4, 0.5) is 13.2 Å². The minimum absolute atomic E-state index is 0.0330. The molecule has 0 amide bonds. The molecule has 0 bridgehead atoms. The Bertz CT molecular complexity index is 420. The van der Waals surface area contributed by atoms with Crippen molar-refractivity contribution in [2.75, 3.05) is 6.61 Å². The van der Waals surface area contributed by atoms with Crippen LogP contribution in [0.15, 0.2) is 6.20 Å². The highest BCUT2D eigenvalue weighted by molar-refractivity contribution is 5.90. The number of alkyl halides is 3. The third-order valence-corrected chi connectivity index (χ3v) is 1.79. The molecule has 0 unspecified atom stereocenters. The zero-order valence-electron chi connectivity index (χ0n) is 8.91. The molecule has 0 saturated heterocycles. The van der Waals surface area contributed by atoms with Gasteiger partial charge in [-0.05, 0) is 6.92 Å². The van der Waals surface area contributed by atoms with Gasteiger partial charge >= 0.3 is 12.1 Å². The second-order valence-corrected chi connectivity index (χ2v) is 2.97. The summed E-state index contributed by atoms with van der Waals surface area (Å²) in [7, 11) is 0. The van der Waals surface area contributed by atoms with E-state index in [1.807, 2.05) is 0 Å². The van der Waals surface area contributed by atoms with Crippen molar-refractivity contribution in [2.45, 2.75) is 19.6 Å². The molecule has 0 fully saturated rings. The second-order valence-electron chi connectivity index (χ2n) is 2.97. The number of carbonyl (C=O) groups is 1. The molecule has 0 aliphatic carbocycles. The lowest BCUT2D eigenvalue weighted by Crippen LogP contribution is -2.20. The van der Waals surface area contributed by atoms with Crippen LogP contribution in [0, 0.1) is 0 Å². The van der Waals surface area contributed by atoms with Crippen LogP contribution in [-0.4, -0.2) is 22.5 Å². The smallest absolute Gasteiger partial charge is 0.434 e. The highest BCUT2D eigenvalue weighted by atomic mass is 19.4. The third-order valence-electron chi connectivity index (χ3n) is 1.79. The number of nitrogens with zero attached hydrogens (tertiary/aromatic N) is 2. The molecule has 1 aromatic heterocycles. The number of halogens is 3. The molecule has 1 heterocycles. The maximum atomic E-state index is 12.6. The Morgan fingerprint density at radius 3 is 2.65 bits per heavy atom. The fourth-order valence-electron chi connectivity index (χ4n) is 1.09. The zero-order chi connectivity index (χ0) is 13.1. The van der Waals surface area contributed by atoms with Crippen LogP contribution in [-0.2, 0) is 17.5 Å². The number of hydrogen-bond donors (Lipinski definition) is 1. The van der Waals surface area contributed by atoms with Gasteiger partial charge in [0, 0.05) is 6.20 Å². The van der Waals surface area contributed by atoms with Crippen LogP contribution in [0.25, 0.3) is 0 Å². The number of hydrogen-bond acceptors (Lipinski definition) is 5. The van der Waals surface area contributed by atoms with E-state index >= 15 is 0 Å². The van der Waals surface area contributed by atoms with E-state index < -0.39 is 23.4 Å². The average Bonchev–Trinajstić information content (AvgIpc) is 2.27. The standard InChI is InChI=1S/C9H10F3N3O2/c1-2-17-8(16)5-4-14-6(3-13)15-7(5)9(10,11)12/h4H,2-3,13H2,1H3. The van der Waals surface area contributed by atoms with E-state index in [0.717, 1.165) is 6.20 Å². The predicted molar refractivity (Wildman–Crippen MR) is 50.9 cm³/mol. The van der Waals surface area contributed by atoms with Crippen molar-refractivity contribution < 1.29 is 22.7 Å². The quantitative estimate of drug-likeness (QED) is 0.812. The third kappa shape index (κ3) is 3.13. The van der Waals surface area contributed by atoms with E-state index in [1.165, 1.54) is 6.92 Å². The summed E-state index contributed by atoms with van der Waals surface area (Å²) in [6, 6.07) is 0. The van der Waals surface area contributed by atoms with Gasteiger partial charge in [-0.25, -0.2) is 14.8 Å². The first-order chi connectivity index (χ1) is 7.90. The molecule has 0 atom stereocenters. The van der Waals surface area contributed by atoms with Crippen molar-refractivity contribution in [3.8, 4) is 0 Å². The largest absolute Gasteiger partial charge is 0.462 e. The topological polar surface area (TPSA) is 78.1 Å². The summed E-state index contributed by atoms with van der Waals surface area (Å²) in [6.45, 7) is 1.21. The van der Waals surface area contributed by atoms with E-state index in [2.05, 4.69) is 14.7 Å². The number of ether oxygens (including phenoxy) is 1. The molecule has 0 radical (unpaired) electrons. The lowest BCUT2D eigenvalue weighted by atomic mass is 10.2. The van der Waals surface area contributed by atoms with Crippen LogP contribution in [0.1, 0.15) is 28.8 Å². The maximum Gasteiger partial charge on any atom is 0.434 e. The van der Waals surface area contributed by atoms with E-state index in [4.69, 9.17) is 5.73 Å². The molecule has 0 aliphatic rings. The Morgan fingerprint density at radius 2 is 2.18 bits per heavy atom. The van der Waals surface area contributed by atoms with E-state index in [0.29, 0.717) is 0 Å². The van der Waals surface area contributed by atoms with Gasteiger partial charge in [0.2, 0.25) is 0 Å². The number of esters is 1. The van der Waals surface area contributed by atoms with Gasteiger partial charge in [0.25, 0.3) is 0 Å². The molecule has 1 rings (SSSR count). The minimum atomic E-state index is -4.76. The fourth-order valence-corrected chi connectivity index (χ4v) is 1.09. The summed E-state index contributed by atoms with van der Waals surface area (Å²) in [5.41, 5.74) is 3.10. The number of rotatable bonds is 3. The van der Waals surface area contributed by atoms with Crippen molar-refractivity contribution >= 4 is 5.97 Å². The van der Waals surface area contributed by atoms with E-state index in [1.54, 1.807) is 0 Å². The van der Waals surface area contributed by atoms with Crippen molar-refractivity contribution in [1.29, 1.82) is 0 Å².